The van der Waals surface area contributed by atoms with Crippen LogP contribution in [0.5, 0.6) is 0 Å². The Bertz CT molecular complexity index is 547. The Morgan fingerprint density at radius 3 is 2.70 bits per heavy atom. The number of hydrogen-bond donors (Lipinski definition) is 2. The number of rotatable bonds is 6. The zero-order chi connectivity index (χ0) is 14.5. The number of hydrogen-bond acceptors (Lipinski definition) is 5. The summed E-state index contributed by atoms with van der Waals surface area (Å²) in [7, 11) is 0. The van der Waals surface area contributed by atoms with Crippen molar-refractivity contribution < 1.29 is 14.7 Å². The summed E-state index contributed by atoms with van der Waals surface area (Å²) < 4.78 is 1.31. The van der Waals surface area contributed by atoms with Crippen molar-refractivity contribution in [3.63, 3.8) is 0 Å². The molecule has 2 N–H and O–H groups in total. The molecule has 1 fully saturated rings. The van der Waals surface area contributed by atoms with Gasteiger partial charge in [-0.15, -0.1) is 5.10 Å². The van der Waals surface area contributed by atoms with Crippen molar-refractivity contribution in [2.75, 3.05) is 18.8 Å². The van der Waals surface area contributed by atoms with Gasteiger partial charge in [-0.25, -0.2) is 9.89 Å². The molecule has 1 aliphatic rings. The number of carboxylic acids is 1. The number of carbonyl (C=O) groups excluding carboxylic acids is 1. The zero-order valence-electron chi connectivity index (χ0n) is 10.9. The maximum Gasteiger partial charge on any atom is 0.343 e. The minimum absolute atomic E-state index is 0.0183. The van der Waals surface area contributed by atoms with E-state index in [9.17, 15) is 14.4 Å². The van der Waals surface area contributed by atoms with Crippen LogP contribution >= 0.6 is 11.8 Å². The third-order valence-electron chi connectivity index (χ3n) is 3.06. The number of nitrogens with one attached hydrogen (secondary N) is 1. The normalized spacial score (nSPS) is 14.7. The lowest BCUT2D eigenvalue weighted by molar-refractivity contribution is -0.134. The molecular weight excluding hydrogens is 284 g/mol. The molecule has 2 heterocycles. The summed E-state index contributed by atoms with van der Waals surface area (Å²) in [6.07, 6.45) is 2.27. The molecule has 0 bridgehead atoms. The second kappa shape index (κ2) is 6.60. The van der Waals surface area contributed by atoms with Gasteiger partial charge in [-0.2, -0.15) is 0 Å². The summed E-state index contributed by atoms with van der Waals surface area (Å²) in [5.74, 6) is -1.14. The molecule has 1 aromatic rings. The van der Waals surface area contributed by atoms with E-state index in [4.69, 9.17) is 5.11 Å². The van der Waals surface area contributed by atoms with Gasteiger partial charge in [0.2, 0.25) is 5.91 Å². The molecule has 0 atom stereocenters. The molecule has 1 saturated heterocycles. The van der Waals surface area contributed by atoms with E-state index in [2.05, 4.69) is 10.2 Å². The van der Waals surface area contributed by atoms with Crippen molar-refractivity contribution in [3.05, 3.63) is 10.5 Å². The summed E-state index contributed by atoms with van der Waals surface area (Å²) in [4.78, 5) is 35.8. The number of carbonyl (C=O) groups is 2. The Balaban J connectivity index is 1.94. The lowest BCUT2D eigenvalue weighted by atomic mass is 10.3. The van der Waals surface area contributed by atoms with E-state index in [0.717, 1.165) is 37.7 Å². The van der Waals surface area contributed by atoms with E-state index in [1.807, 2.05) is 0 Å². The summed E-state index contributed by atoms with van der Waals surface area (Å²) in [5.41, 5.74) is -0.424. The summed E-state index contributed by atoms with van der Waals surface area (Å²) >= 11 is 0.956. The van der Waals surface area contributed by atoms with Crippen molar-refractivity contribution in [1.82, 2.24) is 19.7 Å². The molecule has 1 amide bonds. The fourth-order valence-corrected chi connectivity index (χ4v) is 2.76. The van der Waals surface area contributed by atoms with Gasteiger partial charge < -0.3 is 10.0 Å². The van der Waals surface area contributed by atoms with Crippen LogP contribution in [0.1, 0.15) is 19.3 Å². The van der Waals surface area contributed by atoms with E-state index in [-0.39, 0.29) is 24.6 Å². The maximum absolute atomic E-state index is 11.9. The van der Waals surface area contributed by atoms with Crippen LogP contribution in [0.4, 0.5) is 0 Å². The molecule has 0 aliphatic carbocycles. The number of likely N-dealkylation sites (tertiary alicyclic amines) is 1. The van der Waals surface area contributed by atoms with Crippen LogP contribution in [-0.4, -0.2) is 55.5 Å². The molecule has 0 unspecified atom stereocenters. The number of nitrogens with zero attached hydrogens (tertiary/aromatic N) is 3. The minimum atomic E-state index is -0.981. The van der Waals surface area contributed by atoms with Crippen molar-refractivity contribution in [2.45, 2.75) is 31.0 Å². The van der Waals surface area contributed by atoms with E-state index >= 15 is 0 Å². The number of aromatic nitrogens is 3. The van der Waals surface area contributed by atoms with Gasteiger partial charge in [0, 0.05) is 26.1 Å². The minimum Gasteiger partial charge on any atom is -0.481 e. The highest BCUT2D eigenvalue weighted by atomic mass is 32.2. The van der Waals surface area contributed by atoms with Crippen molar-refractivity contribution in [2.24, 2.45) is 0 Å². The Morgan fingerprint density at radius 1 is 1.35 bits per heavy atom. The SMILES string of the molecule is O=C(O)CSc1n[nH]c(=O)n1CCC(=O)N1CCCC1. The molecule has 0 spiro atoms. The molecule has 2 rings (SSSR count). The second-order valence-corrected chi connectivity index (χ2v) is 5.43. The Hall–Kier alpha value is -1.77. The van der Waals surface area contributed by atoms with Crippen LogP contribution < -0.4 is 5.69 Å². The van der Waals surface area contributed by atoms with Crippen LogP contribution in [0.3, 0.4) is 0 Å². The van der Waals surface area contributed by atoms with E-state index < -0.39 is 11.7 Å². The standard InChI is InChI=1S/C11H16N4O4S/c16-8(14-4-1-2-5-14)3-6-15-10(19)12-13-11(15)20-7-9(17)18/h1-7H2,(H,12,19)(H,17,18). The second-order valence-electron chi connectivity index (χ2n) is 4.48. The van der Waals surface area contributed by atoms with Crippen LogP contribution in [0.15, 0.2) is 9.95 Å². The summed E-state index contributed by atoms with van der Waals surface area (Å²) in [6, 6.07) is 0. The predicted molar refractivity (Wildman–Crippen MR) is 71.6 cm³/mol. The van der Waals surface area contributed by atoms with Gasteiger partial charge >= 0.3 is 11.7 Å². The quantitative estimate of drug-likeness (QED) is 0.702. The van der Waals surface area contributed by atoms with E-state index in [0.29, 0.717) is 5.16 Å². The summed E-state index contributed by atoms with van der Waals surface area (Å²) in [6.45, 7) is 1.77. The highest BCUT2D eigenvalue weighted by molar-refractivity contribution is 7.99. The first-order chi connectivity index (χ1) is 9.58. The highest BCUT2D eigenvalue weighted by Crippen LogP contribution is 2.14. The summed E-state index contributed by atoms with van der Waals surface area (Å²) in [5, 5.41) is 15.0. The molecule has 1 aliphatic heterocycles. The first-order valence-electron chi connectivity index (χ1n) is 6.35. The predicted octanol–water partition coefficient (Wildman–Crippen LogP) is -0.239. The fraction of sp³-hybridized carbons (Fsp3) is 0.636. The van der Waals surface area contributed by atoms with Crippen LogP contribution in [-0.2, 0) is 16.1 Å². The van der Waals surface area contributed by atoms with Gasteiger partial charge in [-0.1, -0.05) is 11.8 Å². The van der Waals surface area contributed by atoms with Gasteiger partial charge in [-0.05, 0) is 12.8 Å². The smallest absolute Gasteiger partial charge is 0.343 e. The molecule has 0 aromatic carbocycles. The van der Waals surface area contributed by atoms with Crippen molar-refractivity contribution in [3.8, 4) is 0 Å². The topological polar surface area (TPSA) is 108 Å². The molecule has 110 valence electrons. The Labute approximate surface area is 119 Å². The average Bonchev–Trinajstić information content (AvgIpc) is 3.04. The van der Waals surface area contributed by atoms with Crippen molar-refractivity contribution >= 4 is 23.6 Å². The van der Waals surface area contributed by atoms with Crippen LogP contribution in [0.2, 0.25) is 0 Å². The number of H-pyrrole nitrogens is 1. The first-order valence-corrected chi connectivity index (χ1v) is 7.34. The molecular formula is C11H16N4O4S. The lowest BCUT2D eigenvalue weighted by Crippen LogP contribution is -2.29. The van der Waals surface area contributed by atoms with Crippen LogP contribution in [0, 0.1) is 0 Å². The third-order valence-corrected chi connectivity index (χ3v) is 4.02. The van der Waals surface area contributed by atoms with E-state index in [1.54, 1.807) is 4.90 Å². The molecule has 1 aromatic heterocycles. The number of thioether (sulfide) groups is 1. The fourth-order valence-electron chi connectivity index (χ4n) is 2.07. The van der Waals surface area contributed by atoms with Crippen molar-refractivity contribution in [1.29, 1.82) is 0 Å². The van der Waals surface area contributed by atoms with E-state index in [1.165, 1.54) is 4.57 Å². The number of aliphatic carboxylic acids is 1. The molecule has 9 heteroatoms. The Kier molecular flexibility index (Phi) is 4.83. The third kappa shape index (κ3) is 3.62. The number of amides is 1. The zero-order valence-corrected chi connectivity index (χ0v) is 11.7. The number of aromatic amines is 1. The average molecular weight is 300 g/mol. The molecule has 0 saturated carbocycles. The Morgan fingerprint density at radius 2 is 2.05 bits per heavy atom. The largest absolute Gasteiger partial charge is 0.481 e. The van der Waals surface area contributed by atoms with Gasteiger partial charge in [-0.3, -0.25) is 14.2 Å². The maximum atomic E-state index is 11.9. The molecule has 20 heavy (non-hydrogen) atoms. The van der Waals surface area contributed by atoms with Gasteiger partial charge in [0.05, 0.1) is 5.75 Å². The van der Waals surface area contributed by atoms with Gasteiger partial charge in [0.1, 0.15) is 0 Å². The number of carboxylic acid groups (broad SMARTS) is 1. The first kappa shape index (κ1) is 14.6. The van der Waals surface area contributed by atoms with Gasteiger partial charge in [0.15, 0.2) is 5.16 Å². The van der Waals surface area contributed by atoms with Gasteiger partial charge in [0.25, 0.3) is 0 Å². The molecule has 8 nitrogen and oxygen atoms in total. The molecule has 0 radical (unpaired) electrons. The van der Waals surface area contributed by atoms with Crippen LogP contribution in [0.25, 0.3) is 0 Å². The lowest BCUT2D eigenvalue weighted by Gasteiger charge is -2.15. The monoisotopic (exact) mass is 300 g/mol. The highest BCUT2D eigenvalue weighted by Gasteiger charge is 2.19.